The van der Waals surface area contributed by atoms with Gasteiger partial charge in [0.25, 0.3) is 5.91 Å². The molecule has 0 bridgehead atoms. The van der Waals surface area contributed by atoms with Crippen LogP contribution in [0.25, 0.3) is 0 Å². The van der Waals surface area contributed by atoms with E-state index in [2.05, 4.69) is 20.2 Å². The van der Waals surface area contributed by atoms with Crippen molar-refractivity contribution in [2.45, 2.75) is 6.92 Å². The van der Waals surface area contributed by atoms with Crippen LogP contribution in [-0.2, 0) is 0 Å². The van der Waals surface area contributed by atoms with E-state index in [4.69, 9.17) is 0 Å². The monoisotopic (exact) mass is 379 g/mol. The number of carbonyl (C=O) groups is 1. The SMILES string of the molecule is Cc1cc(Nc2ccccc2)nc(N2CCN(C(=O)c3cccs3)CC2)n1. The summed E-state index contributed by atoms with van der Waals surface area (Å²) in [6.45, 7) is 4.78. The van der Waals surface area contributed by atoms with Crippen molar-refractivity contribution >= 4 is 34.7 Å². The molecule has 6 nitrogen and oxygen atoms in total. The van der Waals surface area contributed by atoms with Crippen molar-refractivity contribution in [2.24, 2.45) is 0 Å². The lowest BCUT2D eigenvalue weighted by Gasteiger charge is -2.34. The van der Waals surface area contributed by atoms with Gasteiger partial charge in [0.2, 0.25) is 5.95 Å². The molecular weight excluding hydrogens is 358 g/mol. The van der Waals surface area contributed by atoms with E-state index in [1.807, 2.05) is 65.7 Å². The molecule has 0 radical (unpaired) electrons. The lowest BCUT2D eigenvalue weighted by atomic mass is 10.3. The summed E-state index contributed by atoms with van der Waals surface area (Å²) in [6, 6.07) is 15.7. The lowest BCUT2D eigenvalue weighted by Crippen LogP contribution is -2.49. The molecule has 1 aliphatic heterocycles. The molecule has 0 spiro atoms. The van der Waals surface area contributed by atoms with E-state index < -0.39 is 0 Å². The Labute approximate surface area is 162 Å². The van der Waals surface area contributed by atoms with E-state index >= 15 is 0 Å². The molecular formula is C20H21N5OS. The zero-order valence-electron chi connectivity index (χ0n) is 15.1. The Hall–Kier alpha value is -2.93. The minimum absolute atomic E-state index is 0.112. The molecule has 1 aliphatic rings. The van der Waals surface area contributed by atoms with Gasteiger partial charge in [0.1, 0.15) is 5.82 Å². The van der Waals surface area contributed by atoms with E-state index in [9.17, 15) is 4.79 Å². The third-order valence-electron chi connectivity index (χ3n) is 4.47. The van der Waals surface area contributed by atoms with E-state index in [0.717, 1.165) is 35.2 Å². The Balaban J connectivity index is 1.44. The summed E-state index contributed by atoms with van der Waals surface area (Å²) >= 11 is 1.49. The number of carbonyl (C=O) groups excluding carboxylic acids is 1. The van der Waals surface area contributed by atoms with Crippen molar-refractivity contribution in [1.82, 2.24) is 14.9 Å². The van der Waals surface area contributed by atoms with Gasteiger partial charge in [-0.25, -0.2) is 4.98 Å². The first-order valence-corrected chi connectivity index (χ1v) is 9.82. The Kier molecular flexibility index (Phi) is 5.02. The van der Waals surface area contributed by atoms with Crippen LogP contribution in [0.1, 0.15) is 15.4 Å². The molecule has 7 heteroatoms. The number of rotatable bonds is 4. The van der Waals surface area contributed by atoms with Gasteiger partial charge in [-0.05, 0) is 30.5 Å². The molecule has 3 aromatic rings. The number of hydrogen-bond acceptors (Lipinski definition) is 6. The summed E-state index contributed by atoms with van der Waals surface area (Å²) in [6.07, 6.45) is 0. The van der Waals surface area contributed by atoms with Gasteiger partial charge in [0.05, 0.1) is 4.88 Å². The van der Waals surface area contributed by atoms with Gasteiger partial charge in [-0.15, -0.1) is 11.3 Å². The van der Waals surface area contributed by atoms with Gasteiger partial charge in [-0.3, -0.25) is 4.79 Å². The second-order valence-electron chi connectivity index (χ2n) is 6.44. The number of aromatic nitrogens is 2. The third kappa shape index (κ3) is 4.09. The van der Waals surface area contributed by atoms with Crippen LogP contribution in [-0.4, -0.2) is 47.0 Å². The number of thiophene rings is 1. The first kappa shape index (κ1) is 17.5. The van der Waals surface area contributed by atoms with Gasteiger partial charge in [-0.2, -0.15) is 4.98 Å². The van der Waals surface area contributed by atoms with Crippen molar-refractivity contribution < 1.29 is 4.79 Å². The quantitative estimate of drug-likeness (QED) is 0.751. The fraction of sp³-hybridized carbons (Fsp3) is 0.250. The first-order valence-electron chi connectivity index (χ1n) is 8.94. The number of nitrogens with zero attached hydrogens (tertiary/aromatic N) is 4. The predicted molar refractivity (Wildman–Crippen MR) is 109 cm³/mol. The van der Waals surface area contributed by atoms with E-state index in [0.29, 0.717) is 19.0 Å². The molecule has 1 N–H and O–H groups in total. The molecule has 27 heavy (non-hydrogen) atoms. The molecule has 1 saturated heterocycles. The molecule has 2 aromatic heterocycles. The van der Waals surface area contributed by atoms with Crippen molar-refractivity contribution in [3.63, 3.8) is 0 Å². The smallest absolute Gasteiger partial charge is 0.264 e. The van der Waals surface area contributed by atoms with Crippen molar-refractivity contribution in [3.8, 4) is 0 Å². The Morgan fingerprint density at radius 3 is 2.52 bits per heavy atom. The second-order valence-corrected chi connectivity index (χ2v) is 7.39. The Bertz CT molecular complexity index is 905. The van der Waals surface area contributed by atoms with Crippen LogP contribution in [0.15, 0.2) is 53.9 Å². The summed E-state index contributed by atoms with van der Waals surface area (Å²) in [4.78, 5) is 26.6. The molecule has 4 rings (SSSR count). The summed E-state index contributed by atoms with van der Waals surface area (Å²) in [5, 5.41) is 5.26. The largest absolute Gasteiger partial charge is 0.340 e. The highest BCUT2D eigenvalue weighted by molar-refractivity contribution is 7.12. The molecule has 3 heterocycles. The highest BCUT2D eigenvalue weighted by Crippen LogP contribution is 2.20. The summed E-state index contributed by atoms with van der Waals surface area (Å²) < 4.78 is 0. The number of piperazine rings is 1. The zero-order chi connectivity index (χ0) is 18.6. The topological polar surface area (TPSA) is 61.4 Å². The maximum atomic E-state index is 12.5. The molecule has 138 valence electrons. The summed E-state index contributed by atoms with van der Waals surface area (Å²) in [7, 11) is 0. The van der Waals surface area contributed by atoms with Gasteiger partial charge in [0.15, 0.2) is 0 Å². The fourth-order valence-electron chi connectivity index (χ4n) is 3.09. The number of hydrogen-bond donors (Lipinski definition) is 1. The highest BCUT2D eigenvalue weighted by atomic mass is 32.1. The molecule has 1 amide bonds. The van der Waals surface area contributed by atoms with Crippen LogP contribution in [0.2, 0.25) is 0 Å². The van der Waals surface area contributed by atoms with Crippen LogP contribution in [0, 0.1) is 6.92 Å². The Morgan fingerprint density at radius 2 is 1.81 bits per heavy atom. The maximum absolute atomic E-state index is 12.5. The van der Waals surface area contributed by atoms with Crippen molar-refractivity contribution in [3.05, 3.63) is 64.5 Å². The van der Waals surface area contributed by atoms with Crippen molar-refractivity contribution in [2.75, 3.05) is 36.4 Å². The molecule has 0 aliphatic carbocycles. The zero-order valence-corrected chi connectivity index (χ0v) is 15.9. The number of nitrogens with one attached hydrogen (secondary N) is 1. The molecule has 0 atom stereocenters. The number of amides is 1. The number of anilines is 3. The van der Waals surface area contributed by atoms with Crippen LogP contribution in [0.3, 0.4) is 0 Å². The van der Waals surface area contributed by atoms with Gasteiger partial charge in [0, 0.05) is 43.6 Å². The fourth-order valence-corrected chi connectivity index (χ4v) is 3.78. The molecule has 1 aromatic carbocycles. The summed E-state index contributed by atoms with van der Waals surface area (Å²) in [5.41, 5.74) is 1.91. The normalized spacial score (nSPS) is 14.3. The highest BCUT2D eigenvalue weighted by Gasteiger charge is 2.24. The van der Waals surface area contributed by atoms with Gasteiger partial charge >= 0.3 is 0 Å². The molecule has 0 unspecified atom stereocenters. The lowest BCUT2D eigenvalue weighted by molar-refractivity contribution is 0.0751. The van der Waals surface area contributed by atoms with E-state index in [-0.39, 0.29) is 5.91 Å². The average Bonchev–Trinajstić information content (AvgIpc) is 3.23. The minimum atomic E-state index is 0.112. The number of benzene rings is 1. The van der Waals surface area contributed by atoms with Crippen LogP contribution >= 0.6 is 11.3 Å². The third-order valence-corrected chi connectivity index (χ3v) is 5.33. The maximum Gasteiger partial charge on any atom is 0.264 e. The first-order chi connectivity index (χ1) is 13.2. The standard InChI is InChI=1S/C20H21N5OS/c1-15-14-18(22-16-6-3-2-4-7-16)23-20(21-15)25-11-9-24(10-12-25)19(26)17-8-5-13-27-17/h2-8,13-14H,9-12H2,1H3,(H,21,22,23). The van der Waals surface area contributed by atoms with Crippen LogP contribution < -0.4 is 10.2 Å². The number of para-hydroxylation sites is 1. The average molecular weight is 379 g/mol. The molecule has 0 saturated carbocycles. The second kappa shape index (κ2) is 7.75. The van der Waals surface area contributed by atoms with Gasteiger partial charge in [-0.1, -0.05) is 24.3 Å². The van der Waals surface area contributed by atoms with E-state index in [1.54, 1.807) is 0 Å². The van der Waals surface area contributed by atoms with E-state index in [1.165, 1.54) is 11.3 Å². The van der Waals surface area contributed by atoms with Crippen molar-refractivity contribution in [1.29, 1.82) is 0 Å². The van der Waals surface area contributed by atoms with Crippen LogP contribution in [0.5, 0.6) is 0 Å². The summed E-state index contributed by atoms with van der Waals surface area (Å²) in [5.74, 6) is 1.60. The van der Waals surface area contributed by atoms with Crippen LogP contribution in [0.4, 0.5) is 17.5 Å². The molecule has 1 fully saturated rings. The van der Waals surface area contributed by atoms with Gasteiger partial charge < -0.3 is 15.1 Å². The predicted octanol–water partition coefficient (Wildman–Crippen LogP) is 3.55. The minimum Gasteiger partial charge on any atom is -0.340 e. The number of aryl methyl sites for hydroxylation is 1. The Morgan fingerprint density at radius 1 is 1.04 bits per heavy atom.